The molecule has 2 aromatic carbocycles. The third kappa shape index (κ3) is 5.05. The van der Waals surface area contributed by atoms with Crippen LogP contribution in [0.3, 0.4) is 0 Å². The summed E-state index contributed by atoms with van der Waals surface area (Å²) in [6.07, 6.45) is 1.44. The molecule has 1 N–H and O–H groups in total. The van der Waals surface area contributed by atoms with Crippen molar-refractivity contribution < 1.29 is 14.7 Å². The lowest BCUT2D eigenvalue weighted by Gasteiger charge is -2.13. The second-order valence-electron chi connectivity index (χ2n) is 5.34. The Labute approximate surface area is 151 Å². The fourth-order valence-corrected chi connectivity index (χ4v) is 2.62. The minimum atomic E-state index is 0.321. The zero-order chi connectivity index (χ0) is 17.5. The molecule has 6 heteroatoms. The van der Waals surface area contributed by atoms with E-state index in [4.69, 9.17) is 37.9 Å². The summed E-state index contributed by atoms with van der Waals surface area (Å²) in [5.41, 5.74) is 2.61. The van der Waals surface area contributed by atoms with Gasteiger partial charge in [0.25, 0.3) is 0 Å². The molecule has 0 aromatic heterocycles. The molecule has 0 unspecified atom stereocenters. The highest BCUT2D eigenvalue weighted by molar-refractivity contribution is 6.35. The molecule has 0 aliphatic carbocycles. The highest BCUT2D eigenvalue weighted by atomic mass is 35.5. The van der Waals surface area contributed by atoms with E-state index < -0.39 is 0 Å². The quantitative estimate of drug-likeness (QED) is 0.406. The number of nitrogens with zero attached hydrogens (tertiary/aromatic N) is 1. The fraction of sp³-hybridized carbons (Fsp3) is 0.278. The average Bonchev–Trinajstić information content (AvgIpc) is 2.59. The van der Waals surface area contributed by atoms with Crippen molar-refractivity contribution in [3.05, 3.63) is 57.6 Å². The van der Waals surface area contributed by atoms with Crippen LogP contribution in [0, 0.1) is 0 Å². The van der Waals surface area contributed by atoms with Crippen LogP contribution >= 0.6 is 23.2 Å². The first kappa shape index (κ1) is 18.4. The first-order valence-corrected chi connectivity index (χ1v) is 8.20. The minimum absolute atomic E-state index is 0.321. The molecule has 2 aromatic rings. The van der Waals surface area contributed by atoms with Gasteiger partial charge in [-0.1, -0.05) is 40.5 Å². The molecule has 0 aliphatic heterocycles. The second kappa shape index (κ2) is 8.81. The van der Waals surface area contributed by atoms with Crippen LogP contribution in [0.25, 0.3) is 0 Å². The van der Waals surface area contributed by atoms with E-state index in [1.807, 2.05) is 24.3 Å². The smallest absolute Gasteiger partial charge is 0.161 e. The van der Waals surface area contributed by atoms with Crippen LogP contribution in [0.2, 0.25) is 10.0 Å². The van der Waals surface area contributed by atoms with Crippen molar-refractivity contribution in [1.29, 1.82) is 0 Å². The lowest BCUT2D eigenvalue weighted by atomic mass is 10.1. The zero-order valence-corrected chi connectivity index (χ0v) is 15.1. The van der Waals surface area contributed by atoms with Crippen molar-refractivity contribution in [2.75, 3.05) is 7.11 Å². The molecule has 0 saturated carbocycles. The van der Waals surface area contributed by atoms with E-state index in [2.05, 4.69) is 5.16 Å². The molecular formula is C18H19Cl2NO3. The Hall–Kier alpha value is -1.91. The molecule has 0 radical (unpaired) electrons. The number of rotatable bonds is 7. The maximum atomic E-state index is 8.70. The number of hydrogen-bond donors (Lipinski definition) is 1. The van der Waals surface area contributed by atoms with Gasteiger partial charge >= 0.3 is 0 Å². The lowest BCUT2D eigenvalue weighted by molar-refractivity contribution is 0.284. The van der Waals surface area contributed by atoms with Crippen LogP contribution in [-0.4, -0.2) is 18.0 Å². The van der Waals surface area contributed by atoms with Gasteiger partial charge in [0, 0.05) is 15.6 Å². The highest BCUT2D eigenvalue weighted by Gasteiger charge is 2.08. The van der Waals surface area contributed by atoms with Crippen LogP contribution in [0.1, 0.15) is 24.5 Å². The maximum Gasteiger partial charge on any atom is 0.161 e. The Morgan fingerprint density at radius 2 is 1.92 bits per heavy atom. The van der Waals surface area contributed by atoms with E-state index in [1.165, 1.54) is 0 Å². The zero-order valence-electron chi connectivity index (χ0n) is 13.6. The van der Waals surface area contributed by atoms with Crippen molar-refractivity contribution >= 4 is 28.9 Å². The van der Waals surface area contributed by atoms with Crippen LogP contribution in [0.4, 0.5) is 0 Å². The van der Waals surface area contributed by atoms with Crippen molar-refractivity contribution in [3.63, 3.8) is 0 Å². The normalized spacial score (nSPS) is 11.4. The minimum Gasteiger partial charge on any atom is -0.493 e. The Kier molecular flexibility index (Phi) is 6.76. The Morgan fingerprint density at radius 1 is 1.12 bits per heavy atom. The van der Waals surface area contributed by atoms with Gasteiger partial charge in [-0.3, -0.25) is 0 Å². The Morgan fingerprint density at radius 3 is 2.58 bits per heavy atom. The molecule has 0 bridgehead atoms. The molecule has 0 atom stereocenters. The van der Waals surface area contributed by atoms with Crippen LogP contribution < -0.4 is 9.47 Å². The number of oxime groups is 1. The van der Waals surface area contributed by atoms with Crippen molar-refractivity contribution in [1.82, 2.24) is 0 Å². The van der Waals surface area contributed by atoms with Crippen molar-refractivity contribution in [2.24, 2.45) is 5.16 Å². The van der Waals surface area contributed by atoms with E-state index in [-0.39, 0.29) is 0 Å². The van der Waals surface area contributed by atoms with E-state index in [1.54, 1.807) is 26.2 Å². The summed E-state index contributed by atoms with van der Waals surface area (Å²) in [7, 11) is 1.60. The summed E-state index contributed by atoms with van der Waals surface area (Å²) in [5, 5.41) is 13.0. The number of ether oxygens (including phenoxy) is 2. The number of halogens is 2. The van der Waals surface area contributed by atoms with Gasteiger partial charge in [0.1, 0.15) is 6.61 Å². The molecule has 24 heavy (non-hydrogen) atoms. The monoisotopic (exact) mass is 367 g/mol. The SMILES string of the molecule is COc1cc(CCC(C)=NO)ccc1OCc1ccc(Cl)cc1Cl. The lowest BCUT2D eigenvalue weighted by Crippen LogP contribution is -2.00. The summed E-state index contributed by atoms with van der Waals surface area (Å²) in [4.78, 5) is 0. The largest absolute Gasteiger partial charge is 0.493 e. The molecule has 0 spiro atoms. The highest BCUT2D eigenvalue weighted by Crippen LogP contribution is 2.30. The molecule has 128 valence electrons. The van der Waals surface area contributed by atoms with Crippen LogP contribution in [0.5, 0.6) is 11.5 Å². The van der Waals surface area contributed by atoms with E-state index in [0.717, 1.165) is 17.5 Å². The standard InChI is InChI=1S/C18H19Cl2NO3/c1-12(21-22)3-4-13-5-8-17(18(9-13)23-2)24-11-14-6-7-15(19)10-16(14)20/h5-10,22H,3-4,11H2,1-2H3. The summed E-state index contributed by atoms with van der Waals surface area (Å²) in [6.45, 7) is 2.10. The summed E-state index contributed by atoms with van der Waals surface area (Å²) >= 11 is 12.0. The Bertz CT molecular complexity index is 732. The second-order valence-corrected chi connectivity index (χ2v) is 6.19. The summed E-state index contributed by atoms with van der Waals surface area (Å²) in [6, 6.07) is 11.0. The Balaban J connectivity index is 2.07. The number of hydrogen-bond acceptors (Lipinski definition) is 4. The van der Waals surface area contributed by atoms with Crippen molar-refractivity contribution in [3.8, 4) is 11.5 Å². The average molecular weight is 368 g/mol. The molecule has 2 rings (SSSR count). The van der Waals surface area contributed by atoms with Crippen molar-refractivity contribution in [2.45, 2.75) is 26.4 Å². The maximum absolute atomic E-state index is 8.70. The third-order valence-electron chi connectivity index (χ3n) is 3.57. The number of benzene rings is 2. The summed E-state index contributed by atoms with van der Waals surface area (Å²) in [5.74, 6) is 1.29. The van der Waals surface area contributed by atoms with Gasteiger partial charge < -0.3 is 14.7 Å². The molecule has 0 heterocycles. The van der Waals surface area contributed by atoms with Crippen LogP contribution in [0.15, 0.2) is 41.6 Å². The van der Waals surface area contributed by atoms with Gasteiger partial charge in [0.15, 0.2) is 11.5 Å². The van der Waals surface area contributed by atoms with E-state index in [0.29, 0.717) is 40.3 Å². The molecule has 0 saturated heterocycles. The fourth-order valence-electron chi connectivity index (χ4n) is 2.16. The predicted octanol–water partition coefficient (Wildman–Crippen LogP) is 5.36. The van der Waals surface area contributed by atoms with Gasteiger partial charge in [0.05, 0.1) is 12.8 Å². The van der Waals surface area contributed by atoms with Gasteiger partial charge in [-0.25, -0.2) is 0 Å². The van der Waals surface area contributed by atoms with Gasteiger partial charge in [-0.2, -0.15) is 0 Å². The number of aryl methyl sites for hydroxylation is 1. The third-order valence-corrected chi connectivity index (χ3v) is 4.16. The summed E-state index contributed by atoms with van der Waals surface area (Å²) < 4.78 is 11.2. The first-order valence-electron chi connectivity index (χ1n) is 7.44. The van der Waals surface area contributed by atoms with Gasteiger partial charge in [0.2, 0.25) is 0 Å². The molecule has 0 aliphatic rings. The van der Waals surface area contributed by atoms with E-state index >= 15 is 0 Å². The number of methoxy groups -OCH3 is 1. The molecular weight excluding hydrogens is 349 g/mol. The molecule has 4 nitrogen and oxygen atoms in total. The van der Waals surface area contributed by atoms with Crippen LogP contribution in [-0.2, 0) is 13.0 Å². The van der Waals surface area contributed by atoms with Gasteiger partial charge in [-0.05, 0) is 49.6 Å². The molecule has 0 fully saturated rings. The predicted molar refractivity (Wildman–Crippen MR) is 97.0 cm³/mol. The van der Waals surface area contributed by atoms with Gasteiger partial charge in [-0.15, -0.1) is 0 Å². The first-order chi connectivity index (χ1) is 11.5. The topological polar surface area (TPSA) is 51.0 Å². The van der Waals surface area contributed by atoms with E-state index in [9.17, 15) is 0 Å². The molecule has 0 amide bonds.